The molecule has 0 saturated carbocycles. The first-order valence-corrected chi connectivity index (χ1v) is 6.68. The first kappa shape index (κ1) is 14.3. The second kappa shape index (κ2) is 6.38. The Bertz CT molecular complexity index is 635. The molecule has 6 nitrogen and oxygen atoms in total. The molecule has 106 valence electrons. The van der Waals surface area contributed by atoms with Crippen LogP contribution in [0.2, 0.25) is 0 Å². The van der Waals surface area contributed by atoms with Gasteiger partial charge in [-0.05, 0) is 18.1 Å². The fraction of sp³-hybridized carbons (Fsp3) is 0.308. The zero-order valence-electron chi connectivity index (χ0n) is 10.8. The van der Waals surface area contributed by atoms with Crippen LogP contribution >= 0.6 is 11.6 Å². The lowest BCUT2D eigenvalue weighted by atomic mass is 9.97. The molecule has 3 N–H and O–H groups in total. The Balaban J connectivity index is 2.27. The number of alkyl halides is 1. The van der Waals surface area contributed by atoms with E-state index in [4.69, 9.17) is 17.3 Å². The Kier molecular flexibility index (Phi) is 4.57. The molecule has 2 aromatic rings. The SMILES string of the molecule is NC(=O)C(Cc1cccnc1)c1cn(CCCl)c(=O)[nH]1. The molecule has 0 saturated heterocycles. The standard InChI is InChI=1S/C13H15ClN4O2/c14-3-5-18-8-11(17-13(18)20)10(12(15)19)6-9-2-1-4-16-7-9/h1-2,4,7-8,10H,3,5-6H2,(H2,15,19)(H,17,20). The number of hydrogen-bond donors (Lipinski definition) is 2. The highest BCUT2D eigenvalue weighted by Crippen LogP contribution is 2.17. The van der Waals surface area contributed by atoms with Gasteiger partial charge in [-0.1, -0.05) is 6.07 Å². The number of amides is 1. The molecule has 0 bridgehead atoms. The zero-order valence-corrected chi connectivity index (χ0v) is 11.5. The van der Waals surface area contributed by atoms with Gasteiger partial charge >= 0.3 is 5.69 Å². The molecule has 2 rings (SSSR count). The van der Waals surface area contributed by atoms with Crippen LogP contribution in [-0.4, -0.2) is 26.3 Å². The van der Waals surface area contributed by atoms with E-state index >= 15 is 0 Å². The van der Waals surface area contributed by atoms with Gasteiger partial charge in [-0.2, -0.15) is 0 Å². The minimum Gasteiger partial charge on any atom is -0.369 e. The van der Waals surface area contributed by atoms with Crippen molar-refractivity contribution in [1.29, 1.82) is 0 Å². The average molecular weight is 295 g/mol. The third-order valence-corrected chi connectivity index (χ3v) is 3.18. The maximum Gasteiger partial charge on any atom is 0.325 e. The van der Waals surface area contributed by atoms with E-state index in [9.17, 15) is 9.59 Å². The van der Waals surface area contributed by atoms with E-state index in [1.54, 1.807) is 24.7 Å². The van der Waals surface area contributed by atoms with Gasteiger partial charge in [0, 0.05) is 36.7 Å². The van der Waals surface area contributed by atoms with Gasteiger partial charge in [0.05, 0.1) is 5.92 Å². The van der Waals surface area contributed by atoms with Gasteiger partial charge in [-0.3, -0.25) is 14.3 Å². The first-order valence-electron chi connectivity index (χ1n) is 6.15. The van der Waals surface area contributed by atoms with Gasteiger partial charge in [0.25, 0.3) is 0 Å². The molecular formula is C13H15ClN4O2. The number of nitrogens with zero attached hydrogens (tertiary/aromatic N) is 2. The number of primary amides is 1. The Morgan fingerprint density at radius 2 is 2.35 bits per heavy atom. The van der Waals surface area contributed by atoms with Crippen molar-refractivity contribution in [3.05, 3.63) is 52.5 Å². The molecule has 7 heteroatoms. The van der Waals surface area contributed by atoms with Gasteiger partial charge in [-0.25, -0.2) is 4.79 Å². The topological polar surface area (TPSA) is 93.8 Å². The highest BCUT2D eigenvalue weighted by molar-refractivity contribution is 6.17. The van der Waals surface area contributed by atoms with E-state index in [1.807, 2.05) is 6.07 Å². The summed E-state index contributed by atoms with van der Waals surface area (Å²) in [5, 5.41) is 0. The smallest absolute Gasteiger partial charge is 0.325 e. The van der Waals surface area contributed by atoms with Crippen LogP contribution < -0.4 is 11.4 Å². The van der Waals surface area contributed by atoms with E-state index in [0.29, 0.717) is 24.5 Å². The summed E-state index contributed by atoms with van der Waals surface area (Å²) < 4.78 is 1.43. The minimum absolute atomic E-state index is 0.293. The van der Waals surface area contributed by atoms with Gasteiger partial charge in [0.15, 0.2) is 0 Å². The van der Waals surface area contributed by atoms with Crippen molar-refractivity contribution in [1.82, 2.24) is 14.5 Å². The molecule has 0 aliphatic rings. The maximum absolute atomic E-state index is 11.7. The number of carbonyl (C=O) groups is 1. The summed E-state index contributed by atoms with van der Waals surface area (Å²) in [6, 6.07) is 3.64. The van der Waals surface area contributed by atoms with Crippen molar-refractivity contribution in [2.45, 2.75) is 18.9 Å². The largest absolute Gasteiger partial charge is 0.369 e. The normalized spacial score (nSPS) is 12.2. The van der Waals surface area contributed by atoms with E-state index in [0.717, 1.165) is 5.56 Å². The second-order valence-electron chi connectivity index (χ2n) is 4.42. The monoisotopic (exact) mass is 294 g/mol. The Morgan fingerprint density at radius 1 is 1.55 bits per heavy atom. The summed E-state index contributed by atoms with van der Waals surface area (Å²) in [7, 11) is 0. The number of imidazole rings is 1. The summed E-state index contributed by atoms with van der Waals surface area (Å²) in [4.78, 5) is 30.0. The van der Waals surface area contributed by atoms with Crippen molar-refractivity contribution in [3.8, 4) is 0 Å². The predicted octanol–water partition coefficient (Wildman–Crippen LogP) is 0.622. The lowest BCUT2D eigenvalue weighted by Gasteiger charge is -2.10. The molecule has 2 aromatic heterocycles. The molecule has 2 heterocycles. The number of nitrogens with one attached hydrogen (secondary N) is 1. The van der Waals surface area contributed by atoms with Crippen LogP contribution in [0.4, 0.5) is 0 Å². The predicted molar refractivity (Wildman–Crippen MR) is 75.6 cm³/mol. The van der Waals surface area contributed by atoms with E-state index in [-0.39, 0.29) is 5.69 Å². The number of H-pyrrole nitrogens is 1. The Morgan fingerprint density at radius 3 is 2.95 bits per heavy atom. The van der Waals surface area contributed by atoms with E-state index in [2.05, 4.69) is 9.97 Å². The van der Waals surface area contributed by atoms with Crippen molar-refractivity contribution in [2.75, 3.05) is 5.88 Å². The lowest BCUT2D eigenvalue weighted by molar-refractivity contribution is -0.119. The molecule has 0 fully saturated rings. The molecule has 0 aliphatic heterocycles. The third-order valence-electron chi connectivity index (χ3n) is 3.01. The van der Waals surface area contributed by atoms with Gasteiger partial charge < -0.3 is 10.7 Å². The molecule has 1 unspecified atom stereocenters. The van der Waals surface area contributed by atoms with Crippen LogP contribution in [-0.2, 0) is 17.8 Å². The molecule has 0 spiro atoms. The summed E-state index contributed by atoms with van der Waals surface area (Å²) in [6.07, 6.45) is 5.31. The first-order chi connectivity index (χ1) is 9.61. The number of aromatic amines is 1. The fourth-order valence-corrected chi connectivity index (χ4v) is 2.19. The number of aromatic nitrogens is 3. The van der Waals surface area contributed by atoms with Crippen LogP contribution in [0.1, 0.15) is 17.2 Å². The lowest BCUT2D eigenvalue weighted by Crippen LogP contribution is -2.24. The fourth-order valence-electron chi connectivity index (χ4n) is 2.01. The van der Waals surface area contributed by atoms with Gasteiger partial charge in [0.1, 0.15) is 0 Å². The summed E-state index contributed by atoms with van der Waals surface area (Å²) in [6.45, 7) is 0.384. The number of pyridine rings is 1. The number of rotatable bonds is 6. The van der Waals surface area contributed by atoms with Crippen molar-refractivity contribution >= 4 is 17.5 Å². The number of nitrogens with two attached hydrogens (primary N) is 1. The summed E-state index contributed by atoms with van der Waals surface area (Å²) >= 11 is 5.62. The number of hydrogen-bond acceptors (Lipinski definition) is 3. The molecular weight excluding hydrogens is 280 g/mol. The van der Waals surface area contributed by atoms with Gasteiger partial charge in [0.2, 0.25) is 5.91 Å². The highest BCUT2D eigenvalue weighted by Gasteiger charge is 2.21. The van der Waals surface area contributed by atoms with Crippen LogP contribution in [0.3, 0.4) is 0 Å². The van der Waals surface area contributed by atoms with Crippen LogP contribution in [0.15, 0.2) is 35.5 Å². The summed E-state index contributed by atoms with van der Waals surface area (Å²) in [5.41, 5.74) is 6.51. The zero-order chi connectivity index (χ0) is 14.5. The van der Waals surface area contributed by atoms with Gasteiger partial charge in [-0.15, -0.1) is 11.6 Å². The average Bonchev–Trinajstić information content (AvgIpc) is 2.78. The Hall–Kier alpha value is -2.08. The Labute approximate surface area is 120 Å². The number of carbonyl (C=O) groups excluding carboxylic acids is 1. The second-order valence-corrected chi connectivity index (χ2v) is 4.80. The van der Waals surface area contributed by atoms with E-state index < -0.39 is 11.8 Å². The minimum atomic E-state index is -0.594. The van der Waals surface area contributed by atoms with Crippen molar-refractivity contribution < 1.29 is 4.79 Å². The summed E-state index contributed by atoms with van der Waals surface area (Å²) in [5.74, 6) is -0.766. The van der Waals surface area contributed by atoms with Crippen molar-refractivity contribution in [2.24, 2.45) is 5.73 Å². The number of aryl methyl sites for hydroxylation is 1. The van der Waals surface area contributed by atoms with Crippen LogP contribution in [0, 0.1) is 0 Å². The molecule has 0 radical (unpaired) electrons. The van der Waals surface area contributed by atoms with Crippen LogP contribution in [0.25, 0.3) is 0 Å². The quantitative estimate of drug-likeness (QED) is 0.765. The number of halogens is 1. The molecule has 0 aromatic carbocycles. The third kappa shape index (κ3) is 3.27. The molecule has 0 aliphatic carbocycles. The van der Waals surface area contributed by atoms with Crippen LogP contribution in [0.5, 0.6) is 0 Å². The molecule has 1 amide bonds. The van der Waals surface area contributed by atoms with E-state index in [1.165, 1.54) is 4.57 Å². The maximum atomic E-state index is 11.7. The molecule has 1 atom stereocenters. The highest BCUT2D eigenvalue weighted by atomic mass is 35.5. The van der Waals surface area contributed by atoms with Crippen molar-refractivity contribution in [3.63, 3.8) is 0 Å². The molecule has 20 heavy (non-hydrogen) atoms.